The molecule has 1 amide bonds. The van der Waals surface area contributed by atoms with Gasteiger partial charge in [0.15, 0.2) is 5.82 Å². The van der Waals surface area contributed by atoms with Crippen molar-refractivity contribution < 1.29 is 9.53 Å². The highest BCUT2D eigenvalue weighted by Crippen LogP contribution is 2.21. The van der Waals surface area contributed by atoms with E-state index in [1.807, 2.05) is 37.3 Å². The zero-order valence-electron chi connectivity index (χ0n) is 14.6. The van der Waals surface area contributed by atoms with E-state index >= 15 is 0 Å². The topological polar surface area (TPSA) is 119 Å². The van der Waals surface area contributed by atoms with E-state index in [-0.39, 0.29) is 11.9 Å². The molecule has 0 unspecified atom stereocenters. The maximum absolute atomic E-state index is 12.3. The summed E-state index contributed by atoms with van der Waals surface area (Å²) >= 11 is 0. The highest BCUT2D eigenvalue weighted by atomic mass is 16.5. The number of nitrogens with one attached hydrogen (secondary N) is 2. The number of nitrogens with two attached hydrogens (primary N) is 1. The maximum atomic E-state index is 12.3. The SMILES string of the molecule is COc1ncnc(N)c1/C=C/C[C@H](C)NC(=O)c1nc2ccccc2[nH]1. The van der Waals surface area contributed by atoms with Gasteiger partial charge in [-0.25, -0.2) is 15.0 Å². The van der Waals surface area contributed by atoms with Crippen molar-refractivity contribution >= 4 is 28.8 Å². The van der Waals surface area contributed by atoms with E-state index in [1.54, 1.807) is 6.08 Å². The van der Waals surface area contributed by atoms with Crippen molar-refractivity contribution in [3.63, 3.8) is 0 Å². The molecule has 0 spiro atoms. The predicted octanol–water partition coefficient (Wildman–Crippen LogP) is 2.17. The average Bonchev–Trinajstić information content (AvgIpc) is 3.07. The lowest BCUT2D eigenvalue weighted by Crippen LogP contribution is -2.32. The number of amides is 1. The summed E-state index contributed by atoms with van der Waals surface area (Å²) in [6, 6.07) is 7.41. The number of imidazole rings is 1. The molecule has 0 fully saturated rings. The van der Waals surface area contributed by atoms with E-state index in [1.165, 1.54) is 13.4 Å². The number of ether oxygens (including phenoxy) is 1. The van der Waals surface area contributed by atoms with Crippen molar-refractivity contribution in [2.45, 2.75) is 19.4 Å². The third-order valence-corrected chi connectivity index (χ3v) is 3.83. The van der Waals surface area contributed by atoms with Crippen LogP contribution in [-0.4, -0.2) is 39.0 Å². The fourth-order valence-electron chi connectivity index (χ4n) is 2.51. The Morgan fingerprint density at radius 3 is 2.96 bits per heavy atom. The van der Waals surface area contributed by atoms with Crippen molar-refractivity contribution in [1.29, 1.82) is 0 Å². The van der Waals surface area contributed by atoms with E-state index in [0.717, 1.165) is 11.0 Å². The molecule has 134 valence electrons. The molecule has 8 heteroatoms. The number of hydrogen-bond acceptors (Lipinski definition) is 6. The van der Waals surface area contributed by atoms with Crippen LogP contribution in [0.5, 0.6) is 5.88 Å². The second kappa shape index (κ2) is 7.64. The smallest absolute Gasteiger partial charge is 0.287 e. The molecule has 0 aliphatic rings. The van der Waals surface area contributed by atoms with Crippen LogP contribution in [0, 0.1) is 0 Å². The van der Waals surface area contributed by atoms with Crippen molar-refractivity contribution in [3.05, 3.63) is 48.1 Å². The number of carbonyl (C=O) groups is 1. The molecular weight excluding hydrogens is 332 g/mol. The molecule has 0 saturated heterocycles. The summed E-state index contributed by atoms with van der Waals surface area (Å²) in [5.74, 6) is 0.798. The predicted molar refractivity (Wildman–Crippen MR) is 99.7 cm³/mol. The van der Waals surface area contributed by atoms with Gasteiger partial charge in [-0.15, -0.1) is 0 Å². The Morgan fingerprint density at radius 2 is 2.19 bits per heavy atom. The Bertz CT molecular complexity index is 917. The molecule has 0 aliphatic carbocycles. The summed E-state index contributed by atoms with van der Waals surface area (Å²) in [5.41, 5.74) is 8.05. The molecular formula is C18H20N6O2. The third-order valence-electron chi connectivity index (χ3n) is 3.83. The van der Waals surface area contributed by atoms with Crippen molar-refractivity contribution in [2.75, 3.05) is 12.8 Å². The van der Waals surface area contributed by atoms with E-state index in [4.69, 9.17) is 10.5 Å². The number of aromatic amines is 1. The standard InChI is InChI=1S/C18H20N6O2/c1-11(6-5-7-12-15(19)20-10-21-18(12)26-2)22-17(25)16-23-13-8-3-4-9-14(13)24-16/h3-5,7-11H,6H2,1-2H3,(H,22,25)(H,23,24)(H2,19,20,21)/b7-5+/t11-/m0/s1. The van der Waals surface area contributed by atoms with Crippen molar-refractivity contribution in [2.24, 2.45) is 0 Å². The van der Waals surface area contributed by atoms with Crippen LogP contribution in [0.25, 0.3) is 17.1 Å². The van der Waals surface area contributed by atoms with Crippen LogP contribution in [0.4, 0.5) is 5.82 Å². The lowest BCUT2D eigenvalue weighted by Gasteiger charge is -2.10. The molecule has 8 nitrogen and oxygen atoms in total. The summed E-state index contributed by atoms with van der Waals surface area (Å²) in [6.07, 6.45) is 5.63. The van der Waals surface area contributed by atoms with Gasteiger partial charge in [0.1, 0.15) is 12.1 Å². The minimum absolute atomic E-state index is 0.0937. The highest BCUT2D eigenvalue weighted by Gasteiger charge is 2.13. The Kier molecular flexibility index (Phi) is 5.12. The minimum atomic E-state index is -0.248. The first kappa shape index (κ1) is 17.4. The molecule has 0 bridgehead atoms. The quantitative estimate of drug-likeness (QED) is 0.625. The van der Waals surface area contributed by atoms with Gasteiger partial charge in [0.25, 0.3) is 5.91 Å². The Hall–Kier alpha value is -3.42. The molecule has 2 heterocycles. The van der Waals surface area contributed by atoms with Gasteiger partial charge in [0.2, 0.25) is 5.88 Å². The first-order valence-electron chi connectivity index (χ1n) is 8.15. The zero-order valence-corrected chi connectivity index (χ0v) is 14.6. The number of carbonyl (C=O) groups excluding carboxylic acids is 1. The summed E-state index contributed by atoms with van der Waals surface area (Å²) in [6.45, 7) is 1.91. The molecule has 0 saturated carbocycles. The first-order valence-corrected chi connectivity index (χ1v) is 8.15. The summed E-state index contributed by atoms with van der Waals surface area (Å²) in [7, 11) is 1.52. The first-order chi connectivity index (χ1) is 12.6. The third kappa shape index (κ3) is 3.80. The molecule has 0 radical (unpaired) electrons. The number of nitrogen functional groups attached to an aromatic ring is 1. The number of aromatic nitrogens is 4. The number of benzene rings is 1. The van der Waals surface area contributed by atoms with Crippen LogP contribution in [0.3, 0.4) is 0 Å². The number of rotatable bonds is 6. The monoisotopic (exact) mass is 352 g/mol. The lowest BCUT2D eigenvalue weighted by atomic mass is 10.2. The normalized spacial score (nSPS) is 12.4. The molecule has 26 heavy (non-hydrogen) atoms. The molecule has 1 atom stereocenters. The number of hydrogen-bond donors (Lipinski definition) is 3. The van der Waals surface area contributed by atoms with Gasteiger partial charge in [0, 0.05) is 6.04 Å². The van der Waals surface area contributed by atoms with E-state index < -0.39 is 0 Å². The largest absolute Gasteiger partial charge is 0.480 e. The summed E-state index contributed by atoms with van der Waals surface area (Å²) < 4.78 is 5.17. The summed E-state index contributed by atoms with van der Waals surface area (Å²) in [5, 5.41) is 2.91. The fourth-order valence-corrected chi connectivity index (χ4v) is 2.51. The number of para-hydroxylation sites is 2. The van der Waals surface area contributed by atoms with E-state index in [2.05, 4.69) is 25.3 Å². The van der Waals surface area contributed by atoms with Gasteiger partial charge in [0.05, 0.1) is 23.7 Å². The van der Waals surface area contributed by atoms with Gasteiger partial charge in [-0.1, -0.05) is 18.2 Å². The Morgan fingerprint density at radius 1 is 1.38 bits per heavy atom. The molecule has 4 N–H and O–H groups in total. The van der Waals surface area contributed by atoms with Gasteiger partial charge in [-0.2, -0.15) is 0 Å². The fraction of sp³-hybridized carbons (Fsp3) is 0.222. The van der Waals surface area contributed by atoms with Gasteiger partial charge >= 0.3 is 0 Å². The molecule has 3 rings (SSSR count). The number of nitrogens with zero attached hydrogens (tertiary/aromatic N) is 3. The van der Waals surface area contributed by atoms with Crippen molar-refractivity contribution in [1.82, 2.24) is 25.3 Å². The number of methoxy groups -OCH3 is 1. The molecule has 3 aromatic rings. The highest BCUT2D eigenvalue weighted by molar-refractivity contribution is 5.94. The van der Waals surface area contributed by atoms with E-state index in [0.29, 0.717) is 29.5 Å². The minimum Gasteiger partial charge on any atom is -0.480 e. The Labute approximate surface area is 150 Å². The van der Waals surface area contributed by atoms with Gasteiger partial charge in [-0.05, 0) is 31.6 Å². The second-order valence-electron chi connectivity index (χ2n) is 5.80. The van der Waals surface area contributed by atoms with Gasteiger partial charge in [-0.3, -0.25) is 4.79 Å². The maximum Gasteiger partial charge on any atom is 0.287 e. The summed E-state index contributed by atoms with van der Waals surface area (Å²) in [4.78, 5) is 27.6. The van der Waals surface area contributed by atoms with Crippen LogP contribution < -0.4 is 15.8 Å². The van der Waals surface area contributed by atoms with Crippen molar-refractivity contribution in [3.8, 4) is 5.88 Å². The lowest BCUT2D eigenvalue weighted by molar-refractivity contribution is 0.0931. The van der Waals surface area contributed by atoms with Crippen LogP contribution in [0.2, 0.25) is 0 Å². The average molecular weight is 352 g/mol. The van der Waals surface area contributed by atoms with E-state index in [9.17, 15) is 4.79 Å². The number of H-pyrrole nitrogens is 1. The zero-order chi connectivity index (χ0) is 18.5. The molecule has 0 aliphatic heterocycles. The van der Waals surface area contributed by atoms with Crippen LogP contribution >= 0.6 is 0 Å². The van der Waals surface area contributed by atoms with Gasteiger partial charge < -0.3 is 20.8 Å². The Balaban J connectivity index is 1.62. The molecule has 1 aromatic carbocycles. The molecule has 2 aromatic heterocycles. The van der Waals surface area contributed by atoms with Crippen LogP contribution in [0.15, 0.2) is 36.7 Å². The van der Waals surface area contributed by atoms with Crippen LogP contribution in [-0.2, 0) is 0 Å². The number of anilines is 1. The second-order valence-corrected chi connectivity index (χ2v) is 5.80. The van der Waals surface area contributed by atoms with Crippen LogP contribution in [0.1, 0.15) is 29.5 Å². The number of fused-ring (bicyclic) bond motifs is 1.